The Balaban J connectivity index is 1.69. The van der Waals surface area contributed by atoms with Crippen LogP contribution in [0.25, 0.3) is 0 Å². The van der Waals surface area contributed by atoms with Gasteiger partial charge in [-0.15, -0.1) is 11.8 Å². The molecule has 1 aromatic carbocycles. The van der Waals surface area contributed by atoms with E-state index in [1.165, 1.54) is 18.6 Å². The topological polar surface area (TPSA) is 0 Å². The number of allylic oxidation sites excluding steroid dienone is 2. The fourth-order valence-corrected chi connectivity index (χ4v) is 4.13. The van der Waals surface area contributed by atoms with Gasteiger partial charge in [0, 0.05) is 10.1 Å². The molecule has 0 saturated heterocycles. The maximum absolute atomic E-state index is 12.4. The van der Waals surface area contributed by atoms with Crippen molar-refractivity contribution in [1.82, 2.24) is 0 Å². The normalized spacial score (nSPS) is 30.1. The van der Waals surface area contributed by atoms with Gasteiger partial charge in [-0.05, 0) is 48.9 Å². The molecule has 0 spiro atoms. The van der Waals surface area contributed by atoms with Gasteiger partial charge in [-0.2, -0.15) is 13.2 Å². The lowest BCUT2D eigenvalue weighted by Gasteiger charge is -2.17. The van der Waals surface area contributed by atoms with Crippen molar-refractivity contribution in [2.24, 2.45) is 11.8 Å². The zero-order valence-electron chi connectivity index (χ0n) is 9.65. The minimum Gasteiger partial charge on any atom is -0.166 e. The van der Waals surface area contributed by atoms with E-state index in [0.717, 1.165) is 11.3 Å². The highest BCUT2D eigenvalue weighted by Gasteiger charge is 2.36. The highest BCUT2D eigenvalue weighted by molar-refractivity contribution is 8.00. The van der Waals surface area contributed by atoms with Crippen molar-refractivity contribution < 1.29 is 13.2 Å². The Bertz CT molecular complexity index is 461. The van der Waals surface area contributed by atoms with Gasteiger partial charge in [0.1, 0.15) is 0 Å². The molecule has 3 rings (SSSR count). The molecule has 1 fully saturated rings. The van der Waals surface area contributed by atoms with Gasteiger partial charge in [0.05, 0.1) is 5.56 Å². The van der Waals surface area contributed by atoms with E-state index in [-0.39, 0.29) is 0 Å². The molecule has 96 valence electrons. The molecule has 1 saturated carbocycles. The van der Waals surface area contributed by atoms with Crippen LogP contribution >= 0.6 is 11.8 Å². The van der Waals surface area contributed by atoms with Crippen molar-refractivity contribution in [2.45, 2.75) is 29.2 Å². The fourth-order valence-electron chi connectivity index (χ4n) is 2.76. The summed E-state index contributed by atoms with van der Waals surface area (Å²) in [5, 5.41) is 0.539. The standard InChI is InChI=1S/C14H13F3S/c15-14(16,17)11-3-5-12(6-4-11)18-13-8-9-1-2-10(13)7-9/h1-6,9-10,13H,7-8H2/t9-,10+,13-/m1/s1. The first-order valence-electron chi connectivity index (χ1n) is 6.04. The SMILES string of the molecule is FC(F)(F)c1ccc(S[C@@H]2C[C@@H]3C=C[C@H]2C3)cc1. The maximum atomic E-state index is 12.4. The number of halogens is 3. The van der Waals surface area contributed by atoms with Gasteiger partial charge in [-0.25, -0.2) is 0 Å². The number of rotatable bonds is 2. The second-order valence-electron chi connectivity index (χ2n) is 4.96. The lowest BCUT2D eigenvalue weighted by molar-refractivity contribution is -0.137. The van der Waals surface area contributed by atoms with E-state index in [4.69, 9.17) is 0 Å². The fraction of sp³-hybridized carbons (Fsp3) is 0.429. The first-order chi connectivity index (χ1) is 8.52. The summed E-state index contributed by atoms with van der Waals surface area (Å²) in [5.74, 6) is 1.31. The van der Waals surface area contributed by atoms with E-state index >= 15 is 0 Å². The Morgan fingerprint density at radius 2 is 1.72 bits per heavy atom. The van der Waals surface area contributed by atoms with E-state index in [0.29, 0.717) is 17.1 Å². The van der Waals surface area contributed by atoms with E-state index < -0.39 is 11.7 Å². The zero-order chi connectivity index (χ0) is 12.8. The maximum Gasteiger partial charge on any atom is 0.416 e. The molecule has 0 aromatic heterocycles. The summed E-state index contributed by atoms with van der Waals surface area (Å²) in [7, 11) is 0. The van der Waals surface area contributed by atoms with Gasteiger partial charge in [-0.3, -0.25) is 0 Å². The van der Waals surface area contributed by atoms with Gasteiger partial charge in [-0.1, -0.05) is 12.2 Å². The van der Waals surface area contributed by atoms with E-state index in [1.807, 2.05) is 0 Å². The van der Waals surface area contributed by atoms with Crippen LogP contribution in [-0.4, -0.2) is 5.25 Å². The molecule has 0 heterocycles. The summed E-state index contributed by atoms with van der Waals surface area (Å²) in [5.41, 5.74) is -0.570. The van der Waals surface area contributed by atoms with E-state index in [9.17, 15) is 13.2 Å². The molecule has 4 heteroatoms. The van der Waals surface area contributed by atoms with Crippen molar-refractivity contribution in [1.29, 1.82) is 0 Å². The third-order valence-electron chi connectivity index (χ3n) is 3.69. The second kappa shape index (κ2) is 4.34. The molecule has 0 N–H and O–H groups in total. The summed E-state index contributed by atoms with van der Waals surface area (Å²) in [4.78, 5) is 0.939. The molecule has 2 aliphatic carbocycles. The van der Waals surface area contributed by atoms with Crippen LogP contribution in [0.3, 0.4) is 0 Å². The Labute approximate surface area is 108 Å². The zero-order valence-corrected chi connectivity index (χ0v) is 10.5. The average Bonchev–Trinajstić information content (AvgIpc) is 2.90. The highest BCUT2D eigenvalue weighted by atomic mass is 32.2. The minimum absolute atomic E-state index is 0.539. The van der Waals surface area contributed by atoms with Crippen molar-refractivity contribution in [3.05, 3.63) is 42.0 Å². The van der Waals surface area contributed by atoms with Crippen LogP contribution in [0.2, 0.25) is 0 Å². The van der Waals surface area contributed by atoms with Gasteiger partial charge >= 0.3 is 6.18 Å². The highest BCUT2D eigenvalue weighted by Crippen LogP contribution is 2.47. The summed E-state index contributed by atoms with van der Waals surface area (Å²) in [6.07, 6.45) is 2.67. The first-order valence-corrected chi connectivity index (χ1v) is 6.92. The third kappa shape index (κ3) is 2.30. The number of hydrogen-bond acceptors (Lipinski definition) is 1. The number of alkyl halides is 3. The number of thioether (sulfide) groups is 1. The third-order valence-corrected chi connectivity index (χ3v) is 5.08. The predicted octanol–water partition coefficient (Wildman–Crippen LogP) is 4.76. The molecule has 18 heavy (non-hydrogen) atoms. The molecule has 0 nitrogen and oxygen atoms in total. The van der Waals surface area contributed by atoms with Crippen molar-refractivity contribution in [2.75, 3.05) is 0 Å². The lowest BCUT2D eigenvalue weighted by Crippen LogP contribution is -2.09. The van der Waals surface area contributed by atoms with Crippen LogP contribution in [0.15, 0.2) is 41.3 Å². The summed E-state index contributed by atoms with van der Waals surface area (Å²) < 4.78 is 37.3. The van der Waals surface area contributed by atoms with Crippen molar-refractivity contribution in [3.8, 4) is 0 Å². The molecule has 1 aromatic rings. The quantitative estimate of drug-likeness (QED) is 0.698. The molecule has 2 bridgehead atoms. The smallest absolute Gasteiger partial charge is 0.166 e. The van der Waals surface area contributed by atoms with Crippen LogP contribution in [0, 0.1) is 11.8 Å². The minimum atomic E-state index is -4.24. The van der Waals surface area contributed by atoms with Crippen molar-refractivity contribution >= 4 is 11.8 Å². The second-order valence-corrected chi connectivity index (χ2v) is 6.27. The summed E-state index contributed by atoms with van der Waals surface area (Å²) in [6, 6.07) is 5.52. The van der Waals surface area contributed by atoms with E-state index in [2.05, 4.69) is 12.2 Å². The molecule has 0 radical (unpaired) electrons. The van der Waals surface area contributed by atoms with Crippen LogP contribution < -0.4 is 0 Å². The average molecular weight is 270 g/mol. The predicted molar refractivity (Wildman–Crippen MR) is 66.4 cm³/mol. The summed E-state index contributed by atoms with van der Waals surface area (Å²) in [6.45, 7) is 0. The Morgan fingerprint density at radius 1 is 1.00 bits per heavy atom. The molecule has 3 atom stereocenters. The molecule has 0 aliphatic heterocycles. The van der Waals surface area contributed by atoms with Crippen LogP contribution in [0.5, 0.6) is 0 Å². The van der Waals surface area contributed by atoms with Gasteiger partial charge in [0.15, 0.2) is 0 Å². The van der Waals surface area contributed by atoms with Crippen LogP contribution in [0.1, 0.15) is 18.4 Å². The molecule has 0 unspecified atom stereocenters. The van der Waals surface area contributed by atoms with Crippen molar-refractivity contribution in [3.63, 3.8) is 0 Å². The van der Waals surface area contributed by atoms with Gasteiger partial charge in [0.2, 0.25) is 0 Å². The Hall–Kier alpha value is -0.900. The Morgan fingerprint density at radius 3 is 2.22 bits per heavy atom. The van der Waals surface area contributed by atoms with Crippen LogP contribution in [0.4, 0.5) is 13.2 Å². The monoisotopic (exact) mass is 270 g/mol. The van der Waals surface area contributed by atoms with Crippen LogP contribution in [-0.2, 0) is 6.18 Å². The first kappa shape index (κ1) is 12.2. The van der Waals surface area contributed by atoms with Gasteiger partial charge < -0.3 is 0 Å². The molecule has 0 amide bonds. The van der Waals surface area contributed by atoms with E-state index in [1.54, 1.807) is 23.9 Å². The largest absolute Gasteiger partial charge is 0.416 e. The number of fused-ring (bicyclic) bond motifs is 2. The molecule has 2 aliphatic rings. The molecular formula is C14H13F3S. The molecular weight excluding hydrogens is 257 g/mol. The number of hydrogen-bond donors (Lipinski definition) is 0. The van der Waals surface area contributed by atoms with Gasteiger partial charge in [0.25, 0.3) is 0 Å². The lowest BCUT2D eigenvalue weighted by atomic mass is 10.1. The Kier molecular flexibility index (Phi) is 2.93. The number of benzene rings is 1. The summed E-state index contributed by atoms with van der Waals surface area (Å²) >= 11 is 1.72.